The van der Waals surface area contributed by atoms with Crippen LogP contribution in [0.2, 0.25) is 0 Å². The highest BCUT2D eigenvalue weighted by Crippen LogP contribution is 2.27. The highest BCUT2D eigenvalue weighted by molar-refractivity contribution is 5.93. The topological polar surface area (TPSA) is 83.2 Å². The molecular weight excluding hydrogens is 397 g/mol. The van der Waals surface area contributed by atoms with E-state index in [0.29, 0.717) is 30.2 Å². The smallest absolute Gasteiger partial charge is 0.274 e. The minimum Gasteiger partial charge on any atom is -0.497 e. The fourth-order valence-corrected chi connectivity index (χ4v) is 3.71. The molecule has 0 spiro atoms. The van der Waals surface area contributed by atoms with Crippen LogP contribution in [0.3, 0.4) is 0 Å². The number of carbonyl (C=O) groups excluding carboxylic acids is 1. The monoisotopic (exact) mass is 419 g/mol. The average molecular weight is 419 g/mol. The van der Waals surface area contributed by atoms with Crippen molar-refractivity contribution in [1.29, 1.82) is 5.26 Å². The molecule has 8 heteroatoms. The Bertz CT molecular complexity index is 1150. The molecule has 1 amide bonds. The SMILES string of the molecule is CN[C@H]1CCN(C(=O)c2cn(-c3ccc(OC)cc3)c(-c3ccc(C#N)c(F)c3)n2)C1. The highest BCUT2D eigenvalue weighted by atomic mass is 19.1. The molecule has 1 atom stereocenters. The summed E-state index contributed by atoms with van der Waals surface area (Å²) in [6.07, 6.45) is 2.55. The maximum Gasteiger partial charge on any atom is 0.274 e. The Hall–Kier alpha value is -3.70. The van der Waals surface area contributed by atoms with Gasteiger partial charge in [-0.25, -0.2) is 9.37 Å². The van der Waals surface area contributed by atoms with Gasteiger partial charge in [0.2, 0.25) is 0 Å². The fourth-order valence-electron chi connectivity index (χ4n) is 3.71. The lowest BCUT2D eigenvalue weighted by Crippen LogP contribution is -2.33. The lowest BCUT2D eigenvalue weighted by Gasteiger charge is -2.14. The normalized spacial score (nSPS) is 15.7. The number of benzene rings is 2. The van der Waals surface area contributed by atoms with Crippen LogP contribution in [0.1, 0.15) is 22.5 Å². The first kappa shape index (κ1) is 20.6. The number of likely N-dealkylation sites (tertiary alicyclic amines) is 1. The summed E-state index contributed by atoms with van der Waals surface area (Å²) in [6.45, 7) is 1.27. The Labute approximate surface area is 179 Å². The van der Waals surface area contributed by atoms with E-state index in [9.17, 15) is 9.18 Å². The molecule has 1 aliphatic heterocycles. The van der Waals surface area contributed by atoms with E-state index in [2.05, 4.69) is 10.3 Å². The van der Waals surface area contributed by atoms with Crippen molar-refractivity contribution in [3.63, 3.8) is 0 Å². The number of likely N-dealkylation sites (N-methyl/N-ethyl adjacent to an activating group) is 1. The van der Waals surface area contributed by atoms with Gasteiger partial charge >= 0.3 is 0 Å². The number of hydrogen-bond donors (Lipinski definition) is 1. The zero-order valence-corrected chi connectivity index (χ0v) is 17.3. The van der Waals surface area contributed by atoms with Crippen LogP contribution in [0.25, 0.3) is 17.1 Å². The summed E-state index contributed by atoms with van der Waals surface area (Å²) in [5.41, 5.74) is 1.47. The van der Waals surface area contributed by atoms with Crippen molar-refractivity contribution in [3.8, 4) is 28.9 Å². The van der Waals surface area contributed by atoms with Crippen molar-refractivity contribution in [1.82, 2.24) is 19.8 Å². The molecule has 0 aliphatic carbocycles. The summed E-state index contributed by atoms with van der Waals surface area (Å²) in [7, 11) is 3.47. The molecule has 0 bridgehead atoms. The Balaban J connectivity index is 1.77. The number of nitriles is 1. The van der Waals surface area contributed by atoms with Gasteiger partial charge in [0.1, 0.15) is 29.2 Å². The molecule has 7 nitrogen and oxygen atoms in total. The van der Waals surface area contributed by atoms with Gasteiger partial charge in [0.05, 0.1) is 12.7 Å². The highest BCUT2D eigenvalue weighted by Gasteiger charge is 2.28. The number of methoxy groups -OCH3 is 1. The van der Waals surface area contributed by atoms with Gasteiger partial charge in [0, 0.05) is 36.6 Å². The van der Waals surface area contributed by atoms with Gasteiger partial charge in [-0.1, -0.05) is 0 Å². The van der Waals surface area contributed by atoms with Crippen molar-refractivity contribution in [2.45, 2.75) is 12.5 Å². The van der Waals surface area contributed by atoms with Gasteiger partial charge < -0.3 is 15.0 Å². The van der Waals surface area contributed by atoms with Crippen LogP contribution in [0.15, 0.2) is 48.7 Å². The third-order valence-electron chi connectivity index (χ3n) is 5.51. The van der Waals surface area contributed by atoms with Gasteiger partial charge in [-0.2, -0.15) is 5.26 Å². The Kier molecular flexibility index (Phi) is 5.69. The molecule has 31 heavy (non-hydrogen) atoms. The van der Waals surface area contributed by atoms with Crippen molar-refractivity contribution < 1.29 is 13.9 Å². The Morgan fingerprint density at radius 1 is 1.29 bits per heavy atom. The fraction of sp³-hybridized carbons (Fsp3) is 0.261. The first-order valence-corrected chi connectivity index (χ1v) is 9.94. The molecule has 1 aromatic heterocycles. The van der Waals surface area contributed by atoms with E-state index >= 15 is 0 Å². The van der Waals surface area contributed by atoms with Crippen LogP contribution in [0, 0.1) is 17.1 Å². The van der Waals surface area contributed by atoms with E-state index < -0.39 is 5.82 Å². The zero-order valence-electron chi connectivity index (χ0n) is 17.3. The number of nitrogens with one attached hydrogen (secondary N) is 1. The number of imidazole rings is 1. The number of nitrogens with zero attached hydrogens (tertiary/aromatic N) is 4. The first-order chi connectivity index (χ1) is 15.0. The molecule has 0 radical (unpaired) electrons. The second-order valence-corrected chi connectivity index (χ2v) is 7.35. The summed E-state index contributed by atoms with van der Waals surface area (Å²) in [4.78, 5) is 19.4. The molecule has 1 fully saturated rings. The minimum absolute atomic E-state index is 0.0437. The quantitative estimate of drug-likeness (QED) is 0.688. The Morgan fingerprint density at radius 2 is 2.06 bits per heavy atom. The van der Waals surface area contributed by atoms with Crippen LogP contribution in [0.5, 0.6) is 5.75 Å². The third-order valence-corrected chi connectivity index (χ3v) is 5.51. The van der Waals surface area contributed by atoms with Crippen LogP contribution >= 0.6 is 0 Å². The van der Waals surface area contributed by atoms with Crippen molar-refractivity contribution in [2.75, 3.05) is 27.2 Å². The van der Waals surface area contributed by atoms with Gasteiger partial charge in [-0.15, -0.1) is 0 Å². The maximum atomic E-state index is 14.3. The molecule has 0 saturated carbocycles. The predicted molar refractivity (Wildman–Crippen MR) is 114 cm³/mol. The van der Waals surface area contributed by atoms with Gasteiger partial charge in [0.15, 0.2) is 0 Å². The molecule has 1 saturated heterocycles. The molecule has 2 aromatic carbocycles. The number of halogens is 1. The number of ether oxygens (including phenoxy) is 1. The second-order valence-electron chi connectivity index (χ2n) is 7.35. The number of hydrogen-bond acceptors (Lipinski definition) is 5. The summed E-state index contributed by atoms with van der Waals surface area (Å²) in [5.74, 6) is 0.316. The van der Waals surface area contributed by atoms with Crippen molar-refractivity contribution >= 4 is 5.91 Å². The van der Waals surface area contributed by atoms with E-state index in [4.69, 9.17) is 10.00 Å². The number of carbonyl (C=O) groups is 1. The van der Waals surface area contributed by atoms with E-state index in [-0.39, 0.29) is 23.2 Å². The predicted octanol–water partition coefficient (Wildman–Crippen LogP) is 2.99. The average Bonchev–Trinajstić information content (AvgIpc) is 3.46. The maximum absolute atomic E-state index is 14.3. The molecular formula is C23H22FN5O2. The van der Waals surface area contributed by atoms with Gasteiger partial charge in [0.25, 0.3) is 5.91 Å². The van der Waals surface area contributed by atoms with E-state index in [1.807, 2.05) is 25.2 Å². The molecule has 1 aliphatic rings. The molecule has 2 heterocycles. The summed E-state index contributed by atoms with van der Waals surface area (Å²) in [5, 5.41) is 12.2. The minimum atomic E-state index is -0.631. The van der Waals surface area contributed by atoms with Crippen molar-refractivity contribution in [3.05, 3.63) is 65.7 Å². The zero-order chi connectivity index (χ0) is 22.0. The number of rotatable bonds is 5. The van der Waals surface area contributed by atoms with E-state index in [0.717, 1.165) is 12.1 Å². The van der Waals surface area contributed by atoms with E-state index in [1.165, 1.54) is 12.1 Å². The van der Waals surface area contributed by atoms with Crippen LogP contribution < -0.4 is 10.1 Å². The molecule has 3 aromatic rings. The lowest BCUT2D eigenvalue weighted by molar-refractivity contribution is 0.0784. The summed E-state index contributed by atoms with van der Waals surface area (Å²) < 4.78 is 21.3. The van der Waals surface area contributed by atoms with Gasteiger partial charge in [-0.3, -0.25) is 9.36 Å². The van der Waals surface area contributed by atoms with Crippen LogP contribution in [-0.2, 0) is 0 Å². The number of aromatic nitrogens is 2. The molecule has 0 unspecified atom stereocenters. The third kappa shape index (κ3) is 4.00. The summed E-state index contributed by atoms with van der Waals surface area (Å²) in [6, 6.07) is 13.7. The molecule has 1 N–H and O–H groups in total. The molecule has 4 rings (SSSR count). The van der Waals surface area contributed by atoms with Crippen LogP contribution in [-0.4, -0.2) is 53.6 Å². The molecule has 158 valence electrons. The second kappa shape index (κ2) is 8.58. The standard InChI is InChI=1S/C23H22FN5O2/c1-26-17-9-10-28(13-17)23(30)21-14-29(18-5-7-19(31-2)8-6-18)22(27-21)15-3-4-16(12-25)20(24)11-15/h3-8,11,14,17,26H,9-10,13H2,1-2H3/t17-/m0/s1. The Morgan fingerprint density at radius 3 is 2.68 bits per heavy atom. The van der Waals surface area contributed by atoms with E-state index in [1.54, 1.807) is 41.0 Å². The van der Waals surface area contributed by atoms with Crippen molar-refractivity contribution in [2.24, 2.45) is 0 Å². The largest absolute Gasteiger partial charge is 0.497 e. The van der Waals surface area contributed by atoms with Gasteiger partial charge in [-0.05, 0) is 55.9 Å². The first-order valence-electron chi connectivity index (χ1n) is 9.94. The number of amides is 1. The van der Waals surface area contributed by atoms with Crippen LogP contribution in [0.4, 0.5) is 4.39 Å². The summed E-state index contributed by atoms with van der Waals surface area (Å²) >= 11 is 0. The lowest BCUT2D eigenvalue weighted by atomic mass is 10.1.